The maximum atomic E-state index is 12.5. The van der Waals surface area contributed by atoms with Crippen molar-refractivity contribution in [2.75, 3.05) is 0 Å². The van der Waals surface area contributed by atoms with Gasteiger partial charge in [0.2, 0.25) is 0 Å². The maximum absolute atomic E-state index is 12.5. The van der Waals surface area contributed by atoms with Crippen molar-refractivity contribution in [1.29, 1.82) is 0 Å². The Morgan fingerprint density at radius 1 is 1.04 bits per heavy atom. The highest BCUT2D eigenvalue weighted by atomic mass is 16.5. The molecule has 1 N–H and O–H groups in total. The molecule has 1 amide bonds. The number of esters is 1. The van der Waals surface area contributed by atoms with Gasteiger partial charge in [-0.05, 0) is 30.5 Å². The van der Waals surface area contributed by atoms with Gasteiger partial charge in [0.25, 0.3) is 5.91 Å². The van der Waals surface area contributed by atoms with Crippen LogP contribution >= 0.6 is 0 Å². The minimum Gasteiger partial charge on any atom is -0.477 e. The standard InChI is InChI=1S/C21H23NO4/c1-3-21(4-2)18(19(23)22-21)26-17-13-9-8-12-16(17)20(24)25-14-15-10-6-5-7-11-15/h5-13,18H,3-4,14H2,1-2H3,(H,22,23). The van der Waals surface area contributed by atoms with Crippen LogP contribution in [-0.2, 0) is 16.1 Å². The second kappa shape index (κ2) is 7.60. The quantitative estimate of drug-likeness (QED) is 0.611. The molecule has 0 radical (unpaired) electrons. The number of β-lactam (4-membered cyclic amide) rings is 1. The molecule has 1 aliphatic rings. The molecule has 0 aliphatic carbocycles. The molecular formula is C21H23NO4. The van der Waals surface area contributed by atoms with E-state index in [1.54, 1.807) is 24.3 Å². The summed E-state index contributed by atoms with van der Waals surface area (Å²) in [5.41, 5.74) is 0.857. The van der Waals surface area contributed by atoms with Gasteiger partial charge in [-0.15, -0.1) is 0 Å². The predicted octanol–water partition coefficient (Wildman–Crippen LogP) is 3.48. The first-order valence-electron chi connectivity index (χ1n) is 8.88. The number of ether oxygens (including phenoxy) is 2. The third-order valence-electron chi connectivity index (χ3n) is 4.94. The van der Waals surface area contributed by atoms with Gasteiger partial charge in [0, 0.05) is 0 Å². The van der Waals surface area contributed by atoms with Crippen molar-refractivity contribution in [2.24, 2.45) is 0 Å². The van der Waals surface area contributed by atoms with E-state index in [0.29, 0.717) is 11.3 Å². The summed E-state index contributed by atoms with van der Waals surface area (Å²) < 4.78 is 11.4. The summed E-state index contributed by atoms with van der Waals surface area (Å²) in [7, 11) is 0. The van der Waals surface area contributed by atoms with Crippen LogP contribution in [0.15, 0.2) is 54.6 Å². The molecule has 0 bridgehead atoms. The summed E-state index contributed by atoms with van der Waals surface area (Å²) >= 11 is 0. The van der Waals surface area contributed by atoms with Crippen molar-refractivity contribution in [3.05, 3.63) is 65.7 Å². The van der Waals surface area contributed by atoms with E-state index in [1.165, 1.54) is 0 Å². The average molecular weight is 353 g/mol. The van der Waals surface area contributed by atoms with Crippen LogP contribution in [0.2, 0.25) is 0 Å². The Bertz CT molecular complexity index is 784. The zero-order chi connectivity index (χ0) is 18.6. The Kier molecular flexibility index (Phi) is 5.26. The molecule has 136 valence electrons. The van der Waals surface area contributed by atoms with Crippen molar-refractivity contribution in [2.45, 2.75) is 44.9 Å². The fraction of sp³-hybridized carbons (Fsp3) is 0.333. The summed E-state index contributed by atoms with van der Waals surface area (Å²) in [5.74, 6) is -0.249. The van der Waals surface area contributed by atoms with E-state index < -0.39 is 12.1 Å². The fourth-order valence-electron chi connectivity index (χ4n) is 3.18. The van der Waals surface area contributed by atoms with Gasteiger partial charge in [0.05, 0.1) is 5.54 Å². The minimum atomic E-state index is -0.597. The molecule has 1 fully saturated rings. The van der Waals surface area contributed by atoms with Gasteiger partial charge in [-0.25, -0.2) is 4.79 Å². The lowest BCUT2D eigenvalue weighted by Gasteiger charge is -2.47. The van der Waals surface area contributed by atoms with Gasteiger partial charge in [-0.3, -0.25) is 4.79 Å². The van der Waals surface area contributed by atoms with Gasteiger partial charge < -0.3 is 14.8 Å². The first-order chi connectivity index (χ1) is 12.6. The number of carbonyl (C=O) groups excluding carboxylic acids is 2. The number of benzene rings is 2. The lowest BCUT2D eigenvalue weighted by atomic mass is 9.79. The number of hydrogen-bond acceptors (Lipinski definition) is 4. The molecule has 0 aromatic heterocycles. The predicted molar refractivity (Wildman–Crippen MR) is 97.9 cm³/mol. The molecule has 1 atom stereocenters. The van der Waals surface area contributed by atoms with E-state index in [-0.39, 0.29) is 18.1 Å². The second-order valence-electron chi connectivity index (χ2n) is 6.41. The zero-order valence-electron chi connectivity index (χ0n) is 15.0. The summed E-state index contributed by atoms with van der Waals surface area (Å²) in [5, 5.41) is 2.94. The topological polar surface area (TPSA) is 64.6 Å². The van der Waals surface area contributed by atoms with Crippen LogP contribution in [0, 0.1) is 0 Å². The summed E-state index contributed by atoms with van der Waals surface area (Å²) in [4.78, 5) is 24.5. The third kappa shape index (κ3) is 3.43. The van der Waals surface area contributed by atoms with Gasteiger partial charge >= 0.3 is 5.97 Å². The lowest BCUT2D eigenvalue weighted by Crippen LogP contribution is -2.74. The lowest BCUT2D eigenvalue weighted by molar-refractivity contribution is -0.149. The van der Waals surface area contributed by atoms with Crippen molar-refractivity contribution >= 4 is 11.9 Å². The number of hydrogen-bond donors (Lipinski definition) is 1. The molecule has 2 aromatic rings. The monoisotopic (exact) mass is 353 g/mol. The second-order valence-corrected chi connectivity index (χ2v) is 6.41. The molecular weight excluding hydrogens is 330 g/mol. The minimum absolute atomic E-state index is 0.152. The Hall–Kier alpha value is -2.82. The molecule has 0 spiro atoms. The molecule has 2 aromatic carbocycles. The fourth-order valence-corrected chi connectivity index (χ4v) is 3.18. The maximum Gasteiger partial charge on any atom is 0.342 e. The Labute approximate surface area is 153 Å². The van der Waals surface area contributed by atoms with Gasteiger partial charge in [-0.1, -0.05) is 56.3 Å². The number of para-hydroxylation sites is 1. The number of carbonyl (C=O) groups is 2. The highest BCUT2D eigenvalue weighted by molar-refractivity contribution is 5.94. The Morgan fingerprint density at radius 2 is 1.69 bits per heavy atom. The van der Waals surface area contributed by atoms with Crippen LogP contribution in [0.4, 0.5) is 0 Å². The van der Waals surface area contributed by atoms with Crippen LogP contribution in [0.1, 0.15) is 42.6 Å². The largest absolute Gasteiger partial charge is 0.477 e. The zero-order valence-corrected chi connectivity index (χ0v) is 15.0. The van der Waals surface area contributed by atoms with Crippen LogP contribution in [0.3, 0.4) is 0 Å². The number of amides is 1. The van der Waals surface area contributed by atoms with E-state index in [9.17, 15) is 9.59 Å². The van der Waals surface area contributed by atoms with Crippen LogP contribution in [0.5, 0.6) is 5.75 Å². The summed E-state index contributed by atoms with van der Waals surface area (Å²) in [6, 6.07) is 16.4. The Morgan fingerprint density at radius 3 is 2.35 bits per heavy atom. The SMILES string of the molecule is CCC1(CC)NC(=O)C1Oc1ccccc1C(=O)OCc1ccccc1. The van der Waals surface area contributed by atoms with E-state index in [4.69, 9.17) is 9.47 Å². The molecule has 5 nitrogen and oxygen atoms in total. The molecule has 1 saturated heterocycles. The van der Waals surface area contributed by atoms with E-state index in [0.717, 1.165) is 18.4 Å². The Balaban J connectivity index is 1.74. The molecule has 1 unspecified atom stereocenters. The normalized spacial score (nSPS) is 17.8. The van der Waals surface area contributed by atoms with Crippen molar-refractivity contribution in [3.63, 3.8) is 0 Å². The van der Waals surface area contributed by atoms with Crippen LogP contribution < -0.4 is 10.1 Å². The smallest absolute Gasteiger partial charge is 0.342 e. The number of rotatable bonds is 7. The highest BCUT2D eigenvalue weighted by Gasteiger charge is 2.53. The van der Waals surface area contributed by atoms with Gasteiger partial charge in [0.15, 0.2) is 6.10 Å². The number of nitrogens with one attached hydrogen (secondary N) is 1. The van der Waals surface area contributed by atoms with Gasteiger partial charge in [-0.2, -0.15) is 0 Å². The third-order valence-corrected chi connectivity index (χ3v) is 4.94. The molecule has 3 rings (SSSR count). The van der Waals surface area contributed by atoms with Crippen molar-refractivity contribution < 1.29 is 19.1 Å². The van der Waals surface area contributed by atoms with Crippen molar-refractivity contribution in [3.8, 4) is 5.75 Å². The highest BCUT2D eigenvalue weighted by Crippen LogP contribution is 2.33. The first kappa shape index (κ1) is 18.0. The van der Waals surface area contributed by atoms with Crippen LogP contribution in [-0.4, -0.2) is 23.5 Å². The van der Waals surface area contributed by atoms with E-state index in [1.807, 2.05) is 44.2 Å². The molecule has 26 heavy (non-hydrogen) atoms. The molecule has 5 heteroatoms. The van der Waals surface area contributed by atoms with E-state index >= 15 is 0 Å². The summed E-state index contributed by atoms with van der Waals surface area (Å²) in [6.45, 7) is 4.21. The van der Waals surface area contributed by atoms with Crippen LogP contribution in [0.25, 0.3) is 0 Å². The molecule has 1 heterocycles. The molecule has 1 aliphatic heterocycles. The van der Waals surface area contributed by atoms with E-state index in [2.05, 4.69) is 5.32 Å². The summed E-state index contributed by atoms with van der Waals surface area (Å²) in [6.07, 6.45) is 0.932. The van der Waals surface area contributed by atoms with Crippen molar-refractivity contribution in [1.82, 2.24) is 5.32 Å². The molecule has 0 saturated carbocycles. The average Bonchev–Trinajstić information content (AvgIpc) is 2.69. The first-order valence-corrected chi connectivity index (χ1v) is 8.88. The van der Waals surface area contributed by atoms with Gasteiger partial charge in [0.1, 0.15) is 17.9 Å².